The predicted molar refractivity (Wildman–Crippen MR) is 173 cm³/mol. The Morgan fingerprint density at radius 1 is 1.00 bits per heavy atom. The molecule has 0 spiro atoms. The number of carbonyl (C=O) groups excluding carboxylic acids is 3. The van der Waals surface area contributed by atoms with Crippen molar-refractivity contribution in [1.29, 1.82) is 0 Å². The number of amides is 4. The van der Waals surface area contributed by atoms with E-state index in [1.165, 1.54) is 0 Å². The van der Waals surface area contributed by atoms with Gasteiger partial charge in [0.1, 0.15) is 0 Å². The number of ether oxygens (including phenoxy) is 1. The number of aromatic amines is 1. The molecule has 2 atom stereocenters. The molecule has 0 bridgehead atoms. The molecular formula is C34H45N7O4. The quantitative estimate of drug-likeness (QED) is 0.420. The van der Waals surface area contributed by atoms with Gasteiger partial charge in [0.25, 0.3) is 5.91 Å². The van der Waals surface area contributed by atoms with Crippen molar-refractivity contribution in [3.8, 4) is 0 Å². The number of H-pyrrole nitrogens is 1. The lowest BCUT2D eigenvalue weighted by atomic mass is 9.91. The Labute approximate surface area is 264 Å². The first-order valence-electron chi connectivity index (χ1n) is 16.2. The summed E-state index contributed by atoms with van der Waals surface area (Å²) >= 11 is 0. The SMILES string of the molecule is Cc1cc([C@@H](C)C(OC(=O)N2CCC(N3CCc4ccccc4NC3=O)CC2)C(=O)N2CCC(N(C)C)CC2)cc2cn[nH]c12. The molecule has 6 rings (SSSR count). The van der Waals surface area contributed by atoms with E-state index in [0.717, 1.165) is 52.5 Å². The highest BCUT2D eigenvalue weighted by molar-refractivity contribution is 5.91. The molecule has 1 unspecified atom stereocenters. The van der Waals surface area contributed by atoms with Gasteiger partial charge in [-0.25, -0.2) is 9.59 Å². The Balaban J connectivity index is 1.14. The van der Waals surface area contributed by atoms with E-state index >= 15 is 0 Å². The van der Waals surface area contributed by atoms with Crippen LogP contribution in [-0.4, -0.2) is 113 Å². The topological polar surface area (TPSA) is 114 Å². The third kappa shape index (κ3) is 6.49. The van der Waals surface area contributed by atoms with Crippen molar-refractivity contribution in [2.75, 3.05) is 52.1 Å². The van der Waals surface area contributed by atoms with E-state index in [-0.39, 0.29) is 23.9 Å². The molecule has 11 heteroatoms. The Morgan fingerprint density at radius 3 is 2.44 bits per heavy atom. The Hall–Kier alpha value is -4.12. The summed E-state index contributed by atoms with van der Waals surface area (Å²) < 4.78 is 6.16. The minimum absolute atomic E-state index is 0.0300. The second-order valence-electron chi connectivity index (χ2n) is 13.0. The monoisotopic (exact) mass is 615 g/mol. The zero-order valence-corrected chi connectivity index (χ0v) is 26.8. The van der Waals surface area contributed by atoms with Crippen molar-refractivity contribution in [3.05, 3.63) is 59.3 Å². The van der Waals surface area contributed by atoms with Crippen molar-refractivity contribution >= 4 is 34.6 Å². The highest BCUT2D eigenvalue weighted by Crippen LogP contribution is 2.30. The van der Waals surface area contributed by atoms with E-state index < -0.39 is 12.2 Å². The van der Waals surface area contributed by atoms with Crippen LogP contribution in [0.2, 0.25) is 0 Å². The number of para-hydroxylation sites is 1. The van der Waals surface area contributed by atoms with E-state index in [4.69, 9.17) is 4.74 Å². The number of nitrogens with one attached hydrogen (secondary N) is 2. The summed E-state index contributed by atoms with van der Waals surface area (Å²) in [4.78, 5) is 48.5. The smallest absolute Gasteiger partial charge is 0.410 e. The number of rotatable bonds is 6. The number of likely N-dealkylation sites (tertiary alicyclic amines) is 2. The first kappa shape index (κ1) is 30.9. The summed E-state index contributed by atoms with van der Waals surface area (Å²) in [7, 11) is 4.15. The number of anilines is 1. The first-order chi connectivity index (χ1) is 21.7. The van der Waals surface area contributed by atoms with E-state index in [1.807, 2.05) is 54.0 Å². The molecule has 3 aliphatic heterocycles. The van der Waals surface area contributed by atoms with Crippen LogP contribution in [0.5, 0.6) is 0 Å². The highest BCUT2D eigenvalue weighted by atomic mass is 16.6. The summed E-state index contributed by atoms with van der Waals surface area (Å²) in [6.45, 7) is 6.81. The number of urea groups is 1. The van der Waals surface area contributed by atoms with Crippen LogP contribution in [0.15, 0.2) is 42.6 Å². The van der Waals surface area contributed by atoms with Gasteiger partial charge in [0.05, 0.1) is 11.7 Å². The van der Waals surface area contributed by atoms with Crippen LogP contribution in [-0.2, 0) is 16.0 Å². The lowest BCUT2D eigenvalue weighted by Gasteiger charge is -2.39. The molecule has 1 aromatic heterocycles. The molecule has 0 aliphatic carbocycles. The lowest BCUT2D eigenvalue weighted by Crippen LogP contribution is -2.52. The normalized spacial score (nSPS) is 19.7. The molecular weight excluding hydrogens is 570 g/mol. The Kier molecular flexibility index (Phi) is 8.98. The molecule has 3 aromatic rings. The van der Waals surface area contributed by atoms with E-state index in [9.17, 15) is 14.4 Å². The standard InChI is InChI=1S/C34H45N7O4/c1-22-19-25(20-26-21-35-37-30(22)26)23(2)31(32(42)39-14-10-27(11-15-39)38(3)4)45-34(44)40-16-12-28(13-17-40)41-18-9-24-7-5-6-8-29(24)36-33(41)43/h5-8,19-21,23,27-28,31H,9-18H2,1-4H3,(H,35,37)(H,36,43)/t23-,31?/m1/s1. The van der Waals surface area contributed by atoms with Gasteiger partial charge in [-0.3, -0.25) is 9.89 Å². The van der Waals surface area contributed by atoms with Gasteiger partial charge in [-0.05, 0) is 81.9 Å². The molecule has 240 valence electrons. The number of hydrogen-bond acceptors (Lipinski definition) is 6. The fourth-order valence-corrected chi connectivity index (χ4v) is 7.13. The van der Waals surface area contributed by atoms with Crippen LogP contribution in [0.25, 0.3) is 10.9 Å². The molecule has 45 heavy (non-hydrogen) atoms. The van der Waals surface area contributed by atoms with Crippen LogP contribution < -0.4 is 5.32 Å². The minimum Gasteiger partial charge on any atom is -0.435 e. The number of carbonyl (C=O) groups is 3. The molecule has 11 nitrogen and oxygen atoms in total. The second-order valence-corrected chi connectivity index (χ2v) is 13.0. The largest absolute Gasteiger partial charge is 0.435 e. The maximum Gasteiger partial charge on any atom is 0.410 e. The van der Waals surface area contributed by atoms with Crippen LogP contribution in [0.4, 0.5) is 15.3 Å². The van der Waals surface area contributed by atoms with Gasteiger partial charge in [-0.1, -0.05) is 31.2 Å². The van der Waals surface area contributed by atoms with Gasteiger partial charge in [-0.15, -0.1) is 0 Å². The van der Waals surface area contributed by atoms with Gasteiger partial charge in [0.15, 0.2) is 6.10 Å². The number of aryl methyl sites for hydroxylation is 1. The summed E-state index contributed by atoms with van der Waals surface area (Å²) in [6, 6.07) is 12.4. The molecule has 4 heterocycles. The molecule has 2 saturated heterocycles. The summed E-state index contributed by atoms with van der Waals surface area (Å²) in [6.07, 6.45) is 4.21. The van der Waals surface area contributed by atoms with Crippen molar-refractivity contribution in [2.24, 2.45) is 0 Å². The fraction of sp³-hybridized carbons (Fsp3) is 0.529. The maximum atomic E-state index is 14.1. The third-order valence-corrected chi connectivity index (χ3v) is 10.0. The number of hydrogen-bond donors (Lipinski definition) is 2. The van der Waals surface area contributed by atoms with Crippen molar-refractivity contribution in [3.63, 3.8) is 0 Å². The molecule has 4 amide bonds. The van der Waals surface area contributed by atoms with Gasteiger partial charge in [0.2, 0.25) is 0 Å². The Morgan fingerprint density at radius 2 is 1.71 bits per heavy atom. The minimum atomic E-state index is -0.954. The van der Waals surface area contributed by atoms with Crippen LogP contribution >= 0.6 is 0 Å². The molecule has 2 N–H and O–H groups in total. The number of benzene rings is 2. The predicted octanol–water partition coefficient (Wildman–Crippen LogP) is 4.59. The van der Waals surface area contributed by atoms with Gasteiger partial charge in [-0.2, -0.15) is 5.10 Å². The molecule has 2 aromatic carbocycles. The Bertz CT molecular complexity index is 1540. The molecule has 3 aliphatic rings. The van der Waals surface area contributed by atoms with E-state index in [2.05, 4.69) is 40.6 Å². The summed E-state index contributed by atoms with van der Waals surface area (Å²) in [5, 5.41) is 11.2. The zero-order chi connectivity index (χ0) is 31.7. The van der Waals surface area contributed by atoms with Crippen molar-refractivity contribution < 1.29 is 19.1 Å². The fourth-order valence-electron chi connectivity index (χ4n) is 7.13. The average molecular weight is 616 g/mol. The summed E-state index contributed by atoms with van der Waals surface area (Å²) in [5.74, 6) is -0.500. The number of piperidine rings is 2. The van der Waals surface area contributed by atoms with Crippen molar-refractivity contribution in [2.45, 2.75) is 70.1 Å². The van der Waals surface area contributed by atoms with Crippen molar-refractivity contribution in [1.82, 2.24) is 29.8 Å². The van der Waals surface area contributed by atoms with Crippen LogP contribution in [0, 0.1) is 6.92 Å². The van der Waals surface area contributed by atoms with Gasteiger partial charge >= 0.3 is 12.1 Å². The molecule has 2 fully saturated rings. The van der Waals surface area contributed by atoms with Gasteiger partial charge < -0.3 is 29.7 Å². The highest BCUT2D eigenvalue weighted by Gasteiger charge is 2.38. The molecule has 0 saturated carbocycles. The van der Waals surface area contributed by atoms with Gasteiger partial charge in [0, 0.05) is 61.8 Å². The summed E-state index contributed by atoms with van der Waals surface area (Å²) in [5.41, 5.74) is 4.92. The maximum absolute atomic E-state index is 14.1. The van der Waals surface area contributed by atoms with E-state index in [1.54, 1.807) is 11.1 Å². The number of fused-ring (bicyclic) bond motifs is 2. The average Bonchev–Trinajstić information content (AvgIpc) is 3.47. The van der Waals surface area contributed by atoms with Crippen LogP contribution in [0.1, 0.15) is 55.2 Å². The lowest BCUT2D eigenvalue weighted by molar-refractivity contribution is -0.143. The zero-order valence-electron chi connectivity index (χ0n) is 26.8. The number of aromatic nitrogens is 2. The third-order valence-electron chi connectivity index (χ3n) is 10.0. The van der Waals surface area contributed by atoms with Crippen LogP contribution in [0.3, 0.4) is 0 Å². The number of nitrogens with zero attached hydrogens (tertiary/aromatic N) is 5. The van der Waals surface area contributed by atoms with E-state index in [0.29, 0.717) is 51.6 Å². The molecule has 0 radical (unpaired) electrons. The second kappa shape index (κ2) is 13.1. The first-order valence-corrected chi connectivity index (χ1v) is 16.2.